The summed E-state index contributed by atoms with van der Waals surface area (Å²) in [6, 6.07) is 9.50. The molecular formula is C17H25NO. The van der Waals surface area contributed by atoms with Gasteiger partial charge in [0.25, 0.3) is 0 Å². The second kappa shape index (κ2) is 5.54. The Bertz CT molecular complexity index is 431. The number of benzene rings is 1. The molecular weight excluding hydrogens is 234 g/mol. The van der Waals surface area contributed by atoms with Gasteiger partial charge in [-0.05, 0) is 55.8 Å². The molecule has 0 spiro atoms. The van der Waals surface area contributed by atoms with Crippen LogP contribution in [0.1, 0.15) is 43.6 Å². The maximum absolute atomic E-state index is 5.37. The third-order valence-electron chi connectivity index (χ3n) is 5.10. The van der Waals surface area contributed by atoms with E-state index in [1.54, 1.807) is 7.11 Å². The van der Waals surface area contributed by atoms with E-state index in [2.05, 4.69) is 30.1 Å². The van der Waals surface area contributed by atoms with Crippen molar-refractivity contribution >= 4 is 0 Å². The number of likely N-dealkylation sites (N-methyl/N-ethyl adjacent to an activating group) is 1. The molecule has 1 aliphatic heterocycles. The molecule has 0 aromatic heterocycles. The second-order valence-corrected chi connectivity index (χ2v) is 6.26. The number of hydrogen-bond donors (Lipinski definition) is 0. The maximum atomic E-state index is 5.37. The Balaban J connectivity index is 1.78. The van der Waals surface area contributed by atoms with Gasteiger partial charge in [0.05, 0.1) is 7.11 Å². The fraction of sp³-hybridized carbons (Fsp3) is 0.647. The number of likely N-dealkylation sites (tertiary alicyclic amines) is 1. The number of hydrogen-bond acceptors (Lipinski definition) is 2. The van der Waals surface area contributed by atoms with Crippen molar-refractivity contribution < 1.29 is 4.74 Å². The first-order valence-corrected chi connectivity index (χ1v) is 7.62. The van der Waals surface area contributed by atoms with Crippen molar-refractivity contribution in [3.05, 3.63) is 29.8 Å². The molecule has 1 aliphatic carbocycles. The van der Waals surface area contributed by atoms with Crippen LogP contribution in [0.25, 0.3) is 0 Å². The Morgan fingerprint density at radius 3 is 2.89 bits per heavy atom. The topological polar surface area (TPSA) is 12.5 Å². The summed E-state index contributed by atoms with van der Waals surface area (Å²) in [4.78, 5) is 2.61. The van der Waals surface area contributed by atoms with Gasteiger partial charge >= 0.3 is 0 Å². The summed E-state index contributed by atoms with van der Waals surface area (Å²) >= 11 is 0. The molecule has 104 valence electrons. The molecule has 0 bridgehead atoms. The third-order valence-corrected chi connectivity index (χ3v) is 5.10. The van der Waals surface area contributed by atoms with Gasteiger partial charge < -0.3 is 9.64 Å². The summed E-state index contributed by atoms with van der Waals surface area (Å²) in [6.45, 7) is 1.20. The van der Waals surface area contributed by atoms with Crippen LogP contribution < -0.4 is 4.74 Å². The van der Waals surface area contributed by atoms with Crippen LogP contribution in [0.15, 0.2) is 24.3 Å². The monoisotopic (exact) mass is 259 g/mol. The van der Waals surface area contributed by atoms with E-state index in [1.165, 1.54) is 44.2 Å². The SMILES string of the molecule is COc1cccc(C2C[C@H]3CCCC[C@@H]3N(C)C2)c1. The number of methoxy groups -OCH3 is 1. The number of fused-ring (bicyclic) bond motifs is 1. The van der Waals surface area contributed by atoms with E-state index >= 15 is 0 Å². The van der Waals surface area contributed by atoms with Crippen molar-refractivity contribution in [1.82, 2.24) is 4.90 Å². The van der Waals surface area contributed by atoms with Crippen LogP contribution in [-0.4, -0.2) is 31.6 Å². The minimum Gasteiger partial charge on any atom is -0.497 e. The van der Waals surface area contributed by atoms with E-state index in [9.17, 15) is 0 Å². The highest BCUT2D eigenvalue weighted by atomic mass is 16.5. The standard InChI is InChI=1S/C17H25NO/c1-18-12-15(10-14-6-3-4-9-17(14)18)13-7-5-8-16(11-13)19-2/h5,7-8,11,14-15,17H,3-4,6,9-10,12H2,1-2H3/t14-,15?,17+/m1/s1. The van der Waals surface area contributed by atoms with Crippen LogP contribution in [0.5, 0.6) is 5.75 Å². The van der Waals surface area contributed by atoms with Crippen LogP contribution in [0.4, 0.5) is 0 Å². The first-order chi connectivity index (χ1) is 9.28. The van der Waals surface area contributed by atoms with E-state index < -0.39 is 0 Å². The smallest absolute Gasteiger partial charge is 0.119 e. The lowest BCUT2D eigenvalue weighted by Gasteiger charge is -2.45. The predicted molar refractivity (Wildman–Crippen MR) is 78.7 cm³/mol. The Morgan fingerprint density at radius 1 is 1.21 bits per heavy atom. The number of ether oxygens (including phenoxy) is 1. The maximum Gasteiger partial charge on any atom is 0.119 e. The molecule has 1 heterocycles. The summed E-state index contributed by atoms with van der Waals surface area (Å²) in [5.74, 6) is 2.58. The van der Waals surface area contributed by atoms with Crippen LogP contribution in [0.3, 0.4) is 0 Å². The molecule has 0 radical (unpaired) electrons. The Kier molecular flexibility index (Phi) is 3.79. The van der Waals surface area contributed by atoms with Crippen LogP contribution in [0.2, 0.25) is 0 Å². The summed E-state index contributed by atoms with van der Waals surface area (Å²) in [5, 5.41) is 0. The van der Waals surface area contributed by atoms with Gasteiger partial charge in [-0.2, -0.15) is 0 Å². The molecule has 1 unspecified atom stereocenters. The summed E-state index contributed by atoms with van der Waals surface area (Å²) < 4.78 is 5.37. The fourth-order valence-electron chi connectivity index (χ4n) is 4.10. The average Bonchev–Trinajstić information content (AvgIpc) is 2.47. The highest BCUT2D eigenvalue weighted by molar-refractivity contribution is 5.31. The molecule has 1 saturated carbocycles. The van der Waals surface area contributed by atoms with Crippen LogP contribution in [0, 0.1) is 5.92 Å². The lowest BCUT2D eigenvalue weighted by atomic mass is 9.73. The van der Waals surface area contributed by atoms with Gasteiger partial charge in [-0.3, -0.25) is 0 Å². The molecule has 2 fully saturated rings. The van der Waals surface area contributed by atoms with Gasteiger partial charge in [-0.15, -0.1) is 0 Å². The zero-order valence-electron chi connectivity index (χ0n) is 12.1. The fourth-order valence-corrected chi connectivity index (χ4v) is 4.10. The summed E-state index contributed by atoms with van der Waals surface area (Å²) in [6.07, 6.45) is 7.05. The van der Waals surface area contributed by atoms with Crippen molar-refractivity contribution in [2.45, 2.75) is 44.1 Å². The zero-order chi connectivity index (χ0) is 13.2. The highest BCUT2D eigenvalue weighted by Gasteiger charge is 2.35. The Hall–Kier alpha value is -1.02. The Morgan fingerprint density at radius 2 is 2.05 bits per heavy atom. The van der Waals surface area contributed by atoms with Gasteiger partial charge in [0, 0.05) is 12.6 Å². The molecule has 2 heteroatoms. The van der Waals surface area contributed by atoms with Crippen LogP contribution in [-0.2, 0) is 0 Å². The lowest BCUT2D eigenvalue weighted by Crippen LogP contribution is -2.47. The normalized spacial score (nSPS) is 31.8. The van der Waals surface area contributed by atoms with E-state index in [-0.39, 0.29) is 0 Å². The van der Waals surface area contributed by atoms with Gasteiger partial charge in [-0.1, -0.05) is 25.0 Å². The van der Waals surface area contributed by atoms with E-state index in [1.807, 2.05) is 6.07 Å². The van der Waals surface area contributed by atoms with Crippen molar-refractivity contribution in [3.63, 3.8) is 0 Å². The molecule has 2 nitrogen and oxygen atoms in total. The molecule has 2 aliphatic rings. The minimum absolute atomic E-state index is 0.680. The quantitative estimate of drug-likeness (QED) is 0.803. The number of piperidine rings is 1. The summed E-state index contributed by atoms with van der Waals surface area (Å²) in [5.41, 5.74) is 1.45. The zero-order valence-corrected chi connectivity index (χ0v) is 12.1. The molecule has 3 rings (SSSR count). The molecule has 1 aromatic rings. The predicted octanol–water partition coefficient (Wildman–Crippen LogP) is 3.67. The molecule has 0 amide bonds. The van der Waals surface area contributed by atoms with Crippen molar-refractivity contribution in [3.8, 4) is 5.75 Å². The van der Waals surface area contributed by atoms with E-state index in [0.717, 1.165) is 17.7 Å². The highest BCUT2D eigenvalue weighted by Crippen LogP contribution is 2.40. The molecule has 1 saturated heterocycles. The first-order valence-electron chi connectivity index (χ1n) is 7.62. The molecule has 3 atom stereocenters. The van der Waals surface area contributed by atoms with Crippen molar-refractivity contribution in [2.75, 3.05) is 20.7 Å². The van der Waals surface area contributed by atoms with Gasteiger partial charge in [-0.25, -0.2) is 0 Å². The van der Waals surface area contributed by atoms with Gasteiger partial charge in [0.2, 0.25) is 0 Å². The first kappa shape index (κ1) is 13.0. The molecule has 1 aromatic carbocycles. The Labute approximate surface area is 116 Å². The van der Waals surface area contributed by atoms with E-state index in [0.29, 0.717) is 5.92 Å². The van der Waals surface area contributed by atoms with E-state index in [4.69, 9.17) is 4.74 Å². The van der Waals surface area contributed by atoms with Crippen molar-refractivity contribution in [1.29, 1.82) is 0 Å². The largest absolute Gasteiger partial charge is 0.497 e. The third kappa shape index (κ3) is 2.64. The summed E-state index contributed by atoms with van der Waals surface area (Å²) in [7, 11) is 4.07. The minimum atomic E-state index is 0.680. The number of rotatable bonds is 2. The van der Waals surface area contributed by atoms with Gasteiger partial charge in [0.1, 0.15) is 5.75 Å². The van der Waals surface area contributed by atoms with Crippen molar-refractivity contribution in [2.24, 2.45) is 5.92 Å². The van der Waals surface area contributed by atoms with Gasteiger partial charge in [0.15, 0.2) is 0 Å². The lowest BCUT2D eigenvalue weighted by molar-refractivity contribution is 0.0703. The molecule has 0 N–H and O–H groups in total. The number of nitrogens with zero attached hydrogens (tertiary/aromatic N) is 1. The van der Waals surface area contributed by atoms with Crippen LogP contribution >= 0.6 is 0 Å². The molecule has 19 heavy (non-hydrogen) atoms. The second-order valence-electron chi connectivity index (χ2n) is 6.26. The average molecular weight is 259 g/mol.